The fourth-order valence-electron chi connectivity index (χ4n) is 3.23. The van der Waals surface area contributed by atoms with Crippen molar-refractivity contribution in [1.82, 2.24) is 10.2 Å². The maximum atomic E-state index is 11.2. The van der Waals surface area contributed by atoms with E-state index < -0.39 is 4.92 Å². The highest BCUT2D eigenvalue weighted by Gasteiger charge is 2.36. The monoisotopic (exact) mass is 395 g/mol. The molecule has 2 N–H and O–H groups in total. The Hall–Kier alpha value is -1.28. The van der Waals surface area contributed by atoms with Crippen LogP contribution in [0.25, 0.3) is 0 Å². The molecule has 0 saturated carbocycles. The molecule has 1 heterocycles. The average molecular weight is 396 g/mol. The van der Waals surface area contributed by atoms with Crippen molar-refractivity contribution in [2.45, 2.75) is 26.8 Å². The highest BCUT2D eigenvalue weighted by atomic mass is 35.5. The van der Waals surface area contributed by atoms with Gasteiger partial charge in [-0.15, -0.1) is 24.8 Å². The van der Waals surface area contributed by atoms with Gasteiger partial charge in [-0.05, 0) is 5.41 Å². The molecule has 1 aromatic rings. The van der Waals surface area contributed by atoms with E-state index >= 15 is 0 Å². The zero-order valence-electron chi connectivity index (χ0n) is 14.9. The van der Waals surface area contributed by atoms with Crippen LogP contribution in [0, 0.1) is 15.5 Å². The van der Waals surface area contributed by atoms with Crippen molar-refractivity contribution in [1.29, 1.82) is 0 Å². The lowest BCUT2D eigenvalue weighted by Crippen LogP contribution is -2.48. The number of hydrogen-bond donors (Lipinski definition) is 2. The molecule has 9 heteroatoms. The van der Waals surface area contributed by atoms with E-state index in [0.717, 1.165) is 26.2 Å². The van der Waals surface area contributed by atoms with Crippen molar-refractivity contribution in [3.05, 3.63) is 27.8 Å². The quantitative estimate of drug-likeness (QED) is 0.601. The van der Waals surface area contributed by atoms with Crippen molar-refractivity contribution >= 4 is 30.5 Å². The first kappa shape index (κ1) is 23.7. The van der Waals surface area contributed by atoms with Crippen LogP contribution in [0.4, 0.5) is 5.69 Å². The van der Waals surface area contributed by atoms with Crippen LogP contribution in [-0.4, -0.2) is 48.2 Å². The third-order valence-corrected chi connectivity index (χ3v) is 4.15. The fourth-order valence-corrected chi connectivity index (χ4v) is 3.23. The van der Waals surface area contributed by atoms with Gasteiger partial charge in [0.05, 0.1) is 18.1 Å². The molecule has 1 atom stereocenters. The second-order valence-electron chi connectivity index (χ2n) is 6.90. The first-order valence-corrected chi connectivity index (χ1v) is 7.75. The molecule has 0 bridgehead atoms. The first-order chi connectivity index (χ1) is 10.8. The second kappa shape index (κ2) is 9.43. The number of aromatic hydroxyl groups is 1. The van der Waals surface area contributed by atoms with E-state index in [9.17, 15) is 15.2 Å². The van der Waals surface area contributed by atoms with E-state index in [1.807, 2.05) is 0 Å². The Bertz CT molecular complexity index is 587. The number of phenols is 1. The summed E-state index contributed by atoms with van der Waals surface area (Å²) in [6, 6.07) is 2.59. The van der Waals surface area contributed by atoms with Gasteiger partial charge in [-0.25, -0.2) is 0 Å². The number of nitro benzene ring substituents is 1. The van der Waals surface area contributed by atoms with Gasteiger partial charge in [0.2, 0.25) is 0 Å². The Balaban J connectivity index is 0.00000288. The standard InChI is InChI=1S/C16H25N3O4.2ClH/c1-16(2,3)15(18-7-5-17-6-8-18)12-9-11(19(21)22)10-13(23-4)14(12)20;;/h9-10,15,17,20H,5-8H2,1-4H3;2*1H/t15-;;/m1../s1. The van der Waals surface area contributed by atoms with Gasteiger partial charge in [0.1, 0.15) is 0 Å². The maximum Gasteiger partial charge on any atom is 0.273 e. The Morgan fingerprint density at radius 2 is 1.84 bits per heavy atom. The van der Waals surface area contributed by atoms with Gasteiger partial charge in [-0.2, -0.15) is 0 Å². The van der Waals surface area contributed by atoms with Gasteiger partial charge in [0.15, 0.2) is 11.5 Å². The predicted molar refractivity (Wildman–Crippen MR) is 102 cm³/mol. The molecule has 144 valence electrons. The Kier molecular flexibility index (Phi) is 8.94. The van der Waals surface area contributed by atoms with Gasteiger partial charge < -0.3 is 15.2 Å². The highest BCUT2D eigenvalue weighted by molar-refractivity contribution is 5.85. The third-order valence-electron chi connectivity index (χ3n) is 4.15. The van der Waals surface area contributed by atoms with Gasteiger partial charge in [0.25, 0.3) is 5.69 Å². The fraction of sp³-hybridized carbons (Fsp3) is 0.625. The van der Waals surface area contributed by atoms with Gasteiger partial charge in [0, 0.05) is 43.9 Å². The molecule has 7 nitrogen and oxygen atoms in total. The Morgan fingerprint density at radius 3 is 2.28 bits per heavy atom. The number of hydrogen-bond acceptors (Lipinski definition) is 6. The van der Waals surface area contributed by atoms with Gasteiger partial charge in [-0.1, -0.05) is 20.8 Å². The summed E-state index contributed by atoms with van der Waals surface area (Å²) in [5, 5.41) is 25.1. The molecule has 2 rings (SSSR count). The average Bonchev–Trinajstić information content (AvgIpc) is 2.48. The number of nitrogens with one attached hydrogen (secondary N) is 1. The number of rotatable bonds is 4. The van der Waals surface area contributed by atoms with Crippen LogP contribution in [0.5, 0.6) is 11.5 Å². The molecule has 25 heavy (non-hydrogen) atoms. The van der Waals surface area contributed by atoms with Crippen LogP contribution >= 0.6 is 24.8 Å². The summed E-state index contributed by atoms with van der Waals surface area (Å²) >= 11 is 0. The number of methoxy groups -OCH3 is 1. The number of phenolic OH excluding ortho intramolecular Hbond substituents is 1. The Morgan fingerprint density at radius 1 is 1.28 bits per heavy atom. The number of non-ortho nitro benzene ring substituents is 1. The van der Waals surface area contributed by atoms with Crippen molar-refractivity contribution < 1.29 is 14.8 Å². The van der Waals surface area contributed by atoms with E-state index in [2.05, 4.69) is 31.0 Å². The molecular weight excluding hydrogens is 369 g/mol. The SMILES string of the molecule is COc1cc([N+](=O)[O-])cc([C@@H](N2CCNCC2)C(C)(C)C)c1O.Cl.Cl. The molecule has 1 aliphatic heterocycles. The number of nitrogens with zero attached hydrogens (tertiary/aromatic N) is 2. The minimum absolute atomic E-state index is 0. The second-order valence-corrected chi connectivity index (χ2v) is 6.90. The van der Waals surface area contributed by atoms with E-state index in [-0.39, 0.29) is 53.5 Å². The number of halogens is 2. The summed E-state index contributed by atoms with van der Waals surface area (Å²) in [5.74, 6) is 0.121. The zero-order chi connectivity index (χ0) is 17.2. The van der Waals surface area contributed by atoms with Crippen LogP contribution in [0.3, 0.4) is 0 Å². The lowest BCUT2D eigenvalue weighted by Gasteiger charge is -2.42. The largest absolute Gasteiger partial charge is 0.504 e. The van der Waals surface area contributed by atoms with Crippen molar-refractivity contribution in [3.8, 4) is 11.5 Å². The smallest absolute Gasteiger partial charge is 0.273 e. The van der Waals surface area contributed by atoms with E-state index in [1.165, 1.54) is 19.2 Å². The predicted octanol–water partition coefficient (Wildman–Crippen LogP) is 3.15. The molecular formula is C16H27Cl2N3O4. The van der Waals surface area contributed by atoms with Crippen molar-refractivity contribution in [3.63, 3.8) is 0 Å². The molecule has 1 aromatic carbocycles. The maximum absolute atomic E-state index is 11.2. The van der Waals surface area contributed by atoms with E-state index in [1.54, 1.807) is 0 Å². The summed E-state index contributed by atoms with van der Waals surface area (Å²) in [7, 11) is 1.40. The van der Waals surface area contributed by atoms with E-state index in [0.29, 0.717) is 5.56 Å². The molecule has 0 amide bonds. The van der Waals surface area contributed by atoms with E-state index in [4.69, 9.17) is 4.74 Å². The number of benzene rings is 1. The van der Waals surface area contributed by atoms with Crippen LogP contribution in [0.2, 0.25) is 0 Å². The van der Waals surface area contributed by atoms with Crippen molar-refractivity contribution in [2.75, 3.05) is 33.3 Å². The number of nitro groups is 1. The third kappa shape index (κ3) is 5.34. The summed E-state index contributed by atoms with van der Waals surface area (Å²) in [5.41, 5.74) is 0.277. The van der Waals surface area contributed by atoms with Crippen LogP contribution in [-0.2, 0) is 0 Å². The van der Waals surface area contributed by atoms with Crippen LogP contribution in [0.1, 0.15) is 32.4 Å². The number of piperazine rings is 1. The first-order valence-electron chi connectivity index (χ1n) is 7.75. The molecule has 0 aliphatic carbocycles. The molecule has 0 radical (unpaired) electrons. The summed E-state index contributed by atoms with van der Waals surface area (Å²) in [6.07, 6.45) is 0. The minimum atomic E-state index is -0.455. The van der Waals surface area contributed by atoms with Crippen LogP contribution < -0.4 is 10.1 Å². The zero-order valence-corrected chi connectivity index (χ0v) is 16.6. The van der Waals surface area contributed by atoms with Crippen LogP contribution in [0.15, 0.2) is 12.1 Å². The Labute approximate surface area is 160 Å². The molecule has 1 fully saturated rings. The topological polar surface area (TPSA) is 87.9 Å². The highest BCUT2D eigenvalue weighted by Crippen LogP contribution is 2.46. The lowest BCUT2D eigenvalue weighted by atomic mass is 9.80. The summed E-state index contributed by atoms with van der Waals surface area (Å²) in [4.78, 5) is 13.0. The normalized spacial score (nSPS) is 16.3. The summed E-state index contributed by atoms with van der Waals surface area (Å²) < 4.78 is 5.14. The molecule has 1 saturated heterocycles. The molecule has 0 unspecified atom stereocenters. The minimum Gasteiger partial charge on any atom is -0.504 e. The number of ether oxygens (including phenoxy) is 1. The molecule has 1 aliphatic rings. The molecule has 0 spiro atoms. The van der Waals surface area contributed by atoms with Crippen molar-refractivity contribution in [2.24, 2.45) is 5.41 Å². The summed E-state index contributed by atoms with van der Waals surface area (Å²) in [6.45, 7) is 9.59. The van der Waals surface area contributed by atoms with Gasteiger partial charge in [-0.3, -0.25) is 15.0 Å². The lowest BCUT2D eigenvalue weighted by molar-refractivity contribution is -0.385. The van der Waals surface area contributed by atoms with Gasteiger partial charge >= 0.3 is 0 Å². The molecule has 0 aromatic heterocycles.